The number of rotatable bonds is 3. The first-order chi connectivity index (χ1) is 8.06. The molecule has 0 aliphatic heterocycles. The average molecular weight is 239 g/mol. The molecule has 0 spiro atoms. The third kappa shape index (κ3) is 2.42. The van der Waals surface area contributed by atoms with Crippen LogP contribution in [0.4, 0.5) is 10.5 Å². The lowest BCUT2D eigenvalue weighted by Crippen LogP contribution is -2.41. The normalized spacial score (nSPS) is 9.71. The zero-order valence-electron chi connectivity index (χ0n) is 10.4. The number of nitrogens with two attached hydrogens (primary N) is 1. The number of anilines is 1. The molecule has 0 aliphatic carbocycles. The van der Waals surface area contributed by atoms with Gasteiger partial charge in [0.25, 0.3) is 0 Å². The Kier molecular flexibility index (Phi) is 4.17. The van der Waals surface area contributed by atoms with E-state index in [1.165, 1.54) is 4.90 Å². The first-order valence-electron chi connectivity index (χ1n) is 5.02. The van der Waals surface area contributed by atoms with Gasteiger partial charge in [0, 0.05) is 12.6 Å². The van der Waals surface area contributed by atoms with Crippen molar-refractivity contribution in [3.05, 3.63) is 17.7 Å². The summed E-state index contributed by atoms with van der Waals surface area (Å²) >= 11 is 0. The van der Waals surface area contributed by atoms with Crippen LogP contribution in [0.2, 0.25) is 0 Å². The third-order valence-corrected chi connectivity index (χ3v) is 2.55. The topological polar surface area (TPSA) is 76.8 Å². The minimum absolute atomic E-state index is 0.423. The number of nitrogens with one attached hydrogen (secondary N) is 1. The molecule has 0 aliphatic rings. The van der Waals surface area contributed by atoms with Gasteiger partial charge in [0.1, 0.15) is 11.5 Å². The molecule has 1 rings (SSSR count). The lowest BCUT2D eigenvalue weighted by Gasteiger charge is -2.21. The van der Waals surface area contributed by atoms with Gasteiger partial charge in [-0.2, -0.15) is 0 Å². The summed E-state index contributed by atoms with van der Waals surface area (Å²) in [4.78, 5) is 12.8. The first-order valence-corrected chi connectivity index (χ1v) is 5.02. The molecule has 17 heavy (non-hydrogen) atoms. The van der Waals surface area contributed by atoms with Crippen LogP contribution >= 0.6 is 0 Å². The second-order valence-corrected chi connectivity index (χ2v) is 3.45. The van der Waals surface area contributed by atoms with E-state index in [2.05, 4.69) is 5.43 Å². The number of urea groups is 1. The molecule has 1 aromatic carbocycles. The quantitative estimate of drug-likeness (QED) is 0.469. The van der Waals surface area contributed by atoms with Crippen molar-refractivity contribution >= 4 is 11.7 Å². The first kappa shape index (κ1) is 13.1. The molecule has 0 saturated heterocycles. The summed E-state index contributed by atoms with van der Waals surface area (Å²) in [6.07, 6.45) is 0. The average Bonchev–Trinajstić information content (AvgIpc) is 2.36. The highest BCUT2D eigenvalue weighted by Crippen LogP contribution is 2.36. The van der Waals surface area contributed by atoms with E-state index in [9.17, 15) is 4.79 Å². The van der Waals surface area contributed by atoms with Crippen LogP contribution in [-0.4, -0.2) is 27.3 Å². The van der Waals surface area contributed by atoms with Crippen LogP contribution in [0.1, 0.15) is 5.56 Å². The number of amides is 2. The summed E-state index contributed by atoms with van der Waals surface area (Å²) in [5.41, 5.74) is 3.51. The van der Waals surface area contributed by atoms with Crippen molar-refractivity contribution in [2.75, 3.05) is 26.2 Å². The van der Waals surface area contributed by atoms with Crippen molar-refractivity contribution in [2.45, 2.75) is 6.92 Å². The fourth-order valence-corrected chi connectivity index (χ4v) is 1.61. The molecule has 0 bridgehead atoms. The summed E-state index contributed by atoms with van der Waals surface area (Å²) in [6.45, 7) is 1.86. The van der Waals surface area contributed by atoms with Crippen molar-refractivity contribution in [2.24, 2.45) is 5.84 Å². The van der Waals surface area contributed by atoms with Crippen molar-refractivity contribution in [1.29, 1.82) is 0 Å². The van der Waals surface area contributed by atoms with E-state index in [-0.39, 0.29) is 0 Å². The van der Waals surface area contributed by atoms with Gasteiger partial charge >= 0.3 is 6.03 Å². The van der Waals surface area contributed by atoms with Crippen LogP contribution in [0.15, 0.2) is 12.1 Å². The highest BCUT2D eigenvalue weighted by atomic mass is 16.5. The SMILES string of the molecule is COc1ccc(N(C)C(=O)NN)c(OC)c1C. The van der Waals surface area contributed by atoms with Gasteiger partial charge in [-0.3, -0.25) is 10.3 Å². The molecule has 6 nitrogen and oxygen atoms in total. The predicted octanol–water partition coefficient (Wildman–Crippen LogP) is 1.03. The van der Waals surface area contributed by atoms with Crippen molar-refractivity contribution in [3.63, 3.8) is 0 Å². The van der Waals surface area contributed by atoms with Crippen LogP contribution in [0, 0.1) is 6.92 Å². The van der Waals surface area contributed by atoms with Crippen LogP contribution in [0.3, 0.4) is 0 Å². The standard InChI is InChI=1S/C11H17N3O3/c1-7-9(16-3)6-5-8(10(7)17-4)14(2)11(15)13-12/h5-6H,12H2,1-4H3,(H,13,15). The summed E-state index contributed by atoms with van der Waals surface area (Å²) in [5, 5.41) is 0. The summed E-state index contributed by atoms with van der Waals surface area (Å²) < 4.78 is 10.5. The largest absolute Gasteiger partial charge is 0.496 e. The van der Waals surface area contributed by atoms with Crippen LogP contribution in [0.25, 0.3) is 0 Å². The fourth-order valence-electron chi connectivity index (χ4n) is 1.61. The number of hydrogen-bond donors (Lipinski definition) is 2. The number of carbonyl (C=O) groups is 1. The van der Waals surface area contributed by atoms with E-state index in [1.807, 2.05) is 6.92 Å². The van der Waals surface area contributed by atoms with E-state index >= 15 is 0 Å². The highest BCUT2D eigenvalue weighted by Gasteiger charge is 2.17. The monoisotopic (exact) mass is 239 g/mol. The minimum atomic E-state index is -0.423. The van der Waals surface area contributed by atoms with Crippen LogP contribution in [-0.2, 0) is 0 Å². The molecule has 1 aromatic rings. The second kappa shape index (κ2) is 5.40. The van der Waals surface area contributed by atoms with Gasteiger partial charge < -0.3 is 9.47 Å². The van der Waals surface area contributed by atoms with Gasteiger partial charge in [0.15, 0.2) is 0 Å². The summed E-state index contributed by atoms with van der Waals surface area (Å²) in [6, 6.07) is 3.08. The number of benzene rings is 1. The molecule has 0 saturated carbocycles. The van der Waals surface area contributed by atoms with Crippen molar-refractivity contribution < 1.29 is 14.3 Å². The summed E-state index contributed by atoms with van der Waals surface area (Å²) in [7, 11) is 4.73. The van der Waals surface area contributed by atoms with Crippen LogP contribution < -0.4 is 25.6 Å². The van der Waals surface area contributed by atoms with E-state index < -0.39 is 6.03 Å². The summed E-state index contributed by atoms with van der Waals surface area (Å²) in [5.74, 6) is 6.37. The Morgan fingerprint density at radius 1 is 1.35 bits per heavy atom. The Labute approximate surface area is 100 Å². The third-order valence-electron chi connectivity index (χ3n) is 2.55. The molecule has 2 amide bonds. The smallest absolute Gasteiger partial charge is 0.335 e. The Morgan fingerprint density at radius 3 is 2.47 bits per heavy atom. The Bertz CT molecular complexity index is 421. The zero-order chi connectivity index (χ0) is 13.0. The maximum Gasteiger partial charge on any atom is 0.335 e. The van der Waals surface area contributed by atoms with Gasteiger partial charge in [-0.25, -0.2) is 10.6 Å². The van der Waals surface area contributed by atoms with Crippen LogP contribution in [0.5, 0.6) is 11.5 Å². The number of methoxy groups -OCH3 is 2. The van der Waals surface area contributed by atoms with Crippen molar-refractivity contribution in [3.8, 4) is 11.5 Å². The maximum absolute atomic E-state index is 11.4. The van der Waals surface area contributed by atoms with Gasteiger partial charge in [-0.1, -0.05) is 0 Å². The molecule has 0 radical (unpaired) electrons. The van der Waals surface area contributed by atoms with Gasteiger partial charge in [-0.15, -0.1) is 0 Å². The minimum Gasteiger partial charge on any atom is -0.496 e. The van der Waals surface area contributed by atoms with Gasteiger partial charge in [0.2, 0.25) is 0 Å². The molecule has 0 unspecified atom stereocenters. The Morgan fingerprint density at radius 2 is 2.00 bits per heavy atom. The zero-order valence-corrected chi connectivity index (χ0v) is 10.4. The maximum atomic E-state index is 11.4. The van der Waals surface area contributed by atoms with E-state index in [4.69, 9.17) is 15.3 Å². The molecule has 0 aromatic heterocycles. The molecular weight excluding hydrogens is 222 g/mol. The molecule has 94 valence electrons. The van der Waals surface area contributed by atoms with E-state index in [0.29, 0.717) is 17.2 Å². The number of hydrogen-bond acceptors (Lipinski definition) is 4. The lowest BCUT2D eigenvalue weighted by molar-refractivity contribution is 0.247. The number of nitrogens with zero attached hydrogens (tertiary/aromatic N) is 1. The second-order valence-electron chi connectivity index (χ2n) is 3.45. The molecule has 0 fully saturated rings. The number of hydrazine groups is 1. The molecule has 0 heterocycles. The van der Waals surface area contributed by atoms with Gasteiger partial charge in [-0.05, 0) is 19.1 Å². The lowest BCUT2D eigenvalue weighted by atomic mass is 10.1. The molecule has 6 heteroatoms. The molecule has 0 atom stereocenters. The highest BCUT2D eigenvalue weighted by molar-refractivity contribution is 5.93. The van der Waals surface area contributed by atoms with Gasteiger partial charge in [0.05, 0.1) is 19.9 Å². The Hall–Kier alpha value is -1.95. The van der Waals surface area contributed by atoms with Crippen molar-refractivity contribution in [1.82, 2.24) is 5.43 Å². The number of ether oxygens (including phenoxy) is 2. The predicted molar refractivity (Wildman–Crippen MR) is 65.4 cm³/mol. The van der Waals surface area contributed by atoms with E-state index in [1.54, 1.807) is 33.4 Å². The van der Waals surface area contributed by atoms with E-state index in [0.717, 1.165) is 5.56 Å². The molecular formula is C11H17N3O3. The number of carbonyl (C=O) groups excluding carboxylic acids is 1. The fraction of sp³-hybridized carbons (Fsp3) is 0.364. The molecule has 3 N–H and O–H groups in total. The Balaban J connectivity index is 3.25.